The fourth-order valence-corrected chi connectivity index (χ4v) is 5.15. The predicted molar refractivity (Wildman–Crippen MR) is 180 cm³/mol. The highest BCUT2D eigenvalue weighted by atomic mass is 16.7. The summed E-state index contributed by atoms with van der Waals surface area (Å²) in [5.41, 5.74) is 1.25. The third kappa shape index (κ3) is 9.01. The van der Waals surface area contributed by atoms with Crippen LogP contribution in [0.1, 0.15) is 80.1 Å². The van der Waals surface area contributed by atoms with E-state index >= 15 is 0 Å². The Bertz CT molecular complexity index is 1800. The van der Waals surface area contributed by atoms with Crippen LogP contribution in [0.2, 0.25) is 0 Å². The van der Waals surface area contributed by atoms with E-state index < -0.39 is 54.6 Å². The Morgan fingerprint density at radius 1 is 0.592 bits per heavy atom. The van der Waals surface area contributed by atoms with Gasteiger partial charge >= 0.3 is 23.9 Å². The number of esters is 4. The van der Waals surface area contributed by atoms with E-state index in [1.807, 2.05) is 0 Å². The molecule has 49 heavy (non-hydrogen) atoms. The molecule has 5 atom stereocenters. The average molecular weight is 661 g/mol. The van der Waals surface area contributed by atoms with Crippen molar-refractivity contribution in [3.05, 3.63) is 143 Å². The summed E-state index contributed by atoms with van der Waals surface area (Å²) in [6.07, 6.45) is -4.29. The third-order valence-electron chi connectivity index (χ3n) is 7.73. The Hall–Kier alpha value is -5.72. The molecule has 1 unspecified atom stereocenters. The van der Waals surface area contributed by atoms with Gasteiger partial charge in [0, 0.05) is 12.0 Å². The number of unbranched alkanes of at least 4 members (excludes halogenated alkanes) is 2. The van der Waals surface area contributed by atoms with Crippen molar-refractivity contribution in [2.24, 2.45) is 0 Å². The molecular weight excluding hydrogens is 624 g/mol. The first-order chi connectivity index (χ1) is 23.9. The summed E-state index contributed by atoms with van der Waals surface area (Å²) >= 11 is 0. The zero-order valence-corrected chi connectivity index (χ0v) is 27.2. The summed E-state index contributed by atoms with van der Waals surface area (Å²) in [6.45, 7) is 3.65. The molecule has 0 spiro atoms. The van der Waals surface area contributed by atoms with Crippen LogP contribution < -0.4 is 0 Å². The molecule has 0 bridgehead atoms. The number of rotatable bonds is 10. The predicted octanol–water partition coefficient (Wildman–Crippen LogP) is 6.81. The van der Waals surface area contributed by atoms with E-state index in [-0.39, 0.29) is 22.3 Å². The van der Waals surface area contributed by atoms with E-state index in [0.717, 1.165) is 12.8 Å². The van der Waals surface area contributed by atoms with E-state index in [0.29, 0.717) is 12.0 Å². The molecule has 0 N–H and O–H groups in total. The molecule has 1 fully saturated rings. The summed E-state index contributed by atoms with van der Waals surface area (Å²) in [5.74, 6) is 3.01. The highest BCUT2D eigenvalue weighted by Crippen LogP contribution is 2.32. The third-order valence-corrected chi connectivity index (χ3v) is 7.73. The second kappa shape index (κ2) is 16.9. The molecule has 4 aromatic carbocycles. The summed E-state index contributed by atoms with van der Waals surface area (Å²) in [5, 5.41) is 0. The highest BCUT2D eigenvalue weighted by Gasteiger charge is 2.53. The highest BCUT2D eigenvalue weighted by molar-refractivity contribution is 5.93. The van der Waals surface area contributed by atoms with E-state index in [1.54, 1.807) is 122 Å². The van der Waals surface area contributed by atoms with E-state index in [9.17, 15) is 19.2 Å². The standard InChI is InChI=1S/C40H36O9/c1-3-4-5-9-18-28-19-16-17-26-32(28)39(44)49-40-35(48-38(43)31-24-14-8-15-25-31)34(47-37(42)30-22-12-7-13-23-30)33(27(2)45-40)46-36(41)29-20-10-6-11-21-29/h6-8,10-17,19-27,33-35,40H,3-5H2,1-2H3/t27-,33-,34+,35+,40?/m0/s1. The molecule has 0 radical (unpaired) electrons. The van der Waals surface area contributed by atoms with Crippen molar-refractivity contribution in [3.8, 4) is 11.8 Å². The summed E-state index contributed by atoms with van der Waals surface area (Å²) < 4.78 is 29.8. The van der Waals surface area contributed by atoms with Crippen LogP contribution in [0, 0.1) is 11.8 Å². The van der Waals surface area contributed by atoms with Crippen LogP contribution in [0.25, 0.3) is 0 Å². The second-order valence-electron chi connectivity index (χ2n) is 11.3. The molecule has 0 aromatic heterocycles. The van der Waals surface area contributed by atoms with Gasteiger partial charge < -0.3 is 23.7 Å². The first-order valence-electron chi connectivity index (χ1n) is 16.1. The maximum absolute atomic E-state index is 13.7. The van der Waals surface area contributed by atoms with Gasteiger partial charge in [-0.25, -0.2) is 19.2 Å². The summed E-state index contributed by atoms with van der Waals surface area (Å²) in [4.78, 5) is 54.0. The SMILES string of the molecule is CCCCC#Cc1ccccc1C(=O)OC1O[C@@H](C)[C@H](OC(=O)c2ccccc2)[C@@H](OC(=O)c2ccccc2)[C@H]1OC(=O)c1ccccc1. The van der Waals surface area contributed by atoms with Crippen LogP contribution in [0.15, 0.2) is 115 Å². The minimum absolute atomic E-state index is 0.173. The van der Waals surface area contributed by atoms with Crippen LogP contribution in [0.4, 0.5) is 0 Å². The molecule has 0 amide bonds. The Kier molecular flexibility index (Phi) is 11.9. The lowest BCUT2D eigenvalue weighted by molar-refractivity contribution is -0.274. The number of hydrogen-bond donors (Lipinski definition) is 0. The lowest BCUT2D eigenvalue weighted by Crippen LogP contribution is -2.61. The van der Waals surface area contributed by atoms with Crippen molar-refractivity contribution in [1.29, 1.82) is 0 Å². The number of carbonyl (C=O) groups is 4. The number of hydrogen-bond acceptors (Lipinski definition) is 9. The molecule has 0 aliphatic carbocycles. The first kappa shape index (κ1) is 34.6. The first-order valence-corrected chi connectivity index (χ1v) is 16.1. The van der Waals surface area contributed by atoms with Crippen LogP contribution in [0.3, 0.4) is 0 Å². The van der Waals surface area contributed by atoms with Crippen LogP contribution in [0.5, 0.6) is 0 Å². The van der Waals surface area contributed by atoms with Gasteiger partial charge in [-0.3, -0.25) is 0 Å². The largest absolute Gasteiger partial charge is 0.452 e. The van der Waals surface area contributed by atoms with Gasteiger partial charge in [0.2, 0.25) is 12.4 Å². The second-order valence-corrected chi connectivity index (χ2v) is 11.3. The van der Waals surface area contributed by atoms with Crippen LogP contribution >= 0.6 is 0 Å². The Morgan fingerprint density at radius 2 is 1.06 bits per heavy atom. The van der Waals surface area contributed by atoms with Gasteiger partial charge in [0.15, 0.2) is 12.2 Å². The van der Waals surface area contributed by atoms with Gasteiger partial charge in [-0.2, -0.15) is 0 Å². The normalized spacial score (nSPS) is 19.8. The zero-order valence-electron chi connectivity index (χ0n) is 27.2. The van der Waals surface area contributed by atoms with Crippen molar-refractivity contribution in [1.82, 2.24) is 0 Å². The quantitative estimate of drug-likeness (QED) is 0.0784. The molecule has 250 valence electrons. The van der Waals surface area contributed by atoms with Gasteiger partial charge in [-0.05, 0) is 61.9 Å². The van der Waals surface area contributed by atoms with Gasteiger partial charge in [-0.1, -0.05) is 91.9 Å². The van der Waals surface area contributed by atoms with E-state index in [2.05, 4.69) is 18.8 Å². The van der Waals surface area contributed by atoms with E-state index in [1.165, 1.54) is 0 Å². The van der Waals surface area contributed by atoms with Crippen molar-refractivity contribution >= 4 is 23.9 Å². The van der Waals surface area contributed by atoms with Crippen LogP contribution in [-0.2, 0) is 23.7 Å². The molecule has 1 aliphatic heterocycles. The van der Waals surface area contributed by atoms with Gasteiger partial charge in [-0.15, -0.1) is 0 Å². The molecule has 1 saturated heterocycles. The van der Waals surface area contributed by atoms with Gasteiger partial charge in [0.25, 0.3) is 0 Å². The topological polar surface area (TPSA) is 114 Å². The molecule has 9 nitrogen and oxygen atoms in total. The molecule has 1 heterocycles. The minimum atomic E-state index is -1.57. The van der Waals surface area contributed by atoms with E-state index in [4.69, 9.17) is 23.7 Å². The Labute approximate surface area is 285 Å². The molecule has 9 heteroatoms. The lowest BCUT2D eigenvalue weighted by Gasteiger charge is -2.43. The molecular formula is C40H36O9. The smallest absolute Gasteiger partial charge is 0.341 e. The average Bonchev–Trinajstić information content (AvgIpc) is 3.14. The van der Waals surface area contributed by atoms with Gasteiger partial charge in [0.05, 0.1) is 28.4 Å². The Morgan fingerprint density at radius 3 is 1.59 bits per heavy atom. The summed E-state index contributed by atoms with van der Waals surface area (Å²) in [7, 11) is 0. The Balaban J connectivity index is 1.51. The number of benzene rings is 4. The fourth-order valence-electron chi connectivity index (χ4n) is 5.15. The number of ether oxygens (including phenoxy) is 5. The molecule has 4 aromatic rings. The molecule has 1 aliphatic rings. The maximum Gasteiger partial charge on any atom is 0.341 e. The minimum Gasteiger partial charge on any atom is -0.452 e. The maximum atomic E-state index is 13.7. The zero-order chi connectivity index (χ0) is 34.6. The molecule has 0 saturated carbocycles. The monoisotopic (exact) mass is 660 g/mol. The van der Waals surface area contributed by atoms with Crippen molar-refractivity contribution < 1.29 is 42.9 Å². The summed E-state index contributed by atoms with van der Waals surface area (Å²) in [6, 6.07) is 31.3. The van der Waals surface area contributed by atoms with Crippen molar-refractivity contribution in [2.45, 2.75) is 63.8 Å². The van der Waals surface area contributed by atoms with Crippen LogP contribution in [-0.4, -0.2) is 54.6 Å². The molecule has 5 rings (SSSR count). The van der Waals surface area contributed by atoms with Crippen molar-refractivity contribution in [2.75, 3.05) is 0 Å². The number of carbonyl (C=O) groups excluding carboxylic acids is 4. The fraction of sp³-hybridized carbons (Fsp3) is 0.250. The van der Waals surface area contributed by atoms with Crippen molar-refractivity contribution in [3.63, 3.8) is 0 Å². The van der Waals surface area contributed by atoms with Gasteiger partial charge in [0.1, 0.15) is 0 Å². The lowest BCUT2D eigenvalue weighted by atomic mass is 9.98.